The van der Waals surface area contributed by atoms with Gasteiger partial charge in [-0.05, 0) is 26.7 Å². The van der Waals surface area contributed by atoms with Gasteiger partial charge in [-0.2, -0.15) is 0 Å². The molecular formula is C12H22N2O. The Balaban J connectivity index is 1.97. The third-order valence-electron chi connectivity index (χ3n) is 3.75. The van der Waals surface area contributed by atoms with E-state index in [9.17, 15) is 4.79 Å². The van der Waals surface area contributed by atoms with Gasteiger partial charge in [0.2, 0.25) is 5.91 Å². The first-order valence-electron chi connectivity index (χ1n) is 6.22. The van der Waals surface area contributed by atoms with Crippen LogP contribution in [0.4, 0.5) is 0 Å². The fourth-order valence-corrected chi connectivity index (χ4v) is 2.74. The van der Waals surface area contributed by atoms with E-state index in [0.717, 1.165) is 25.9 Å². The molecule has 0 aromatic carbocycles. The molecule has 3 nitrogen and oxygen atoms in total. The summed E-state index contributed by atoms with van der Waals surface area (Å²) >= 11 is 0. The minimum atomic E-state index is 0.331. The number of nitrogens with zero attached hydrogens (tertiary/aromatic N) is 1. The van der Waals surface area contributed by atoms with Gasteiger partial charge >= 0.3 is 0 Å². The van der Waals surface area contributed by atoms with Crippen LogP contribution in [0.15, 0.2) is 0 Å². The van der Waals surface area contributed by atoms with E-state index in [1.807, 2.05) is 0 Å². The Morgan fingerprint density at radius 3 is 2.60 bits per heavy atom. The Bertz CT molecular complexity index is 236. The van der Waals surface area contributed by atoms with Crippen molar-refractivity contribution in [3.05, 3.63) is 0 Å². The van der Waals surface area contributed by atoms with Gasteiger partial charge in [0.1, 0.15) is 0 Å². The molecule has 0 bridgehead atoms. The molecule has 1 saturated heterocycles. The van der Waals surface area contributed by atoms with Crippen molar-refractivity contribution >= 4 is 5.91 Å². The van der Waals surface area contributed by atoms with Gasteiger partial charge in [-0.25, -0.2) is 0 Å². The van der Waals surface area contributed by atoms with Crippen LogP contribution in [0.25, 0.3) is 0 Å². The second-order valence-corrected chi connectivity index (χ2v) is 5.13. The predicted octanol–water partition coefficient (Wildman–Crippen LogP) is 1.39. The predicted molar refractivity (Wildman–Crippen MR) is 60.6 cm³/mol. The van der Waals surface area contributed by atoms with E-state index >= 15 is 0 Å². The molecule has 0 aromatic rings. The Morgan fingerprint density at radius 1 is 1.27 bits per heavy atom. The van der Waals surface area contributed by atoms with Crippen molar-refractivity contribution in [2.75, 3.05) is 13.1 Å². The first kappa shape index (κ1) is 10.9. The summed E-state index contributed by atoms with van der Waals surface area (Å²) in [5.74, 6) is 0.742. The molecule has 3 heteroatoms. The van der Waals surface area contributed by atoms with Gasteiger partial charge in [0.15, 0.2) is 0 Å². The zero-order valence-corrected chi connectivity index (χ0v) is 9.83. The fraction of sp³-hybridized carbons (Fsp3) is 0.917. The van der Waals surface area contributed by atoms with E-state index in [0.29, 0.717) is 23.9 Å². The maximum Gasteiger partial charge on any atom is 0.226 e. The summed E-state index contributed by atoms with van der Waals surface area (Å²) in [5.41, 5.74) is 0. The number of carbonyl (C=O) groups is 1. The topological polar surface area (TPSA) is 32.3 Å². The smallest absolute Gasteiger partial charge is 0.226 e. The molecule has 2 atom stereocenters. The van der Waals surface area contributed by atoms with Crippen molar-refractivity contribution in [1.29, 1.82) is 0 Å². The normalized spacial score (nSPS) is 33.3. The highest BCUT2D eigenvalue weighted by atomic mass is 16.2. The molecule has 1 aliphatic heterocycles. The number of nitrogens with one attached hydrogen (secondary N) is 1. The average molecular weight is 210 g/mol. The lowest BCUT2D eigenvalue weighted by atomic mass is 10.0. The average Bonchev–Trinajstić information content (AvgIpc) is 2.74. The summed E-state index contributed by atoms with van der Waals surface area (Å²) in [6, 6.07) is 0.820. The Kier molecular flexibility index (Phi) is 3.29. The number of rotatable bonds is 1. The quantitative estimate of drug-likeness (QED) is 0.709. The van der Waals surface area contributed by atoms with Gasteiger partial charge < -0.3 is 10.2 Å². The molecule has 0 aromatic heterocycles. The molecule has 1 amide bonds. The van der Waals surface area contributed by atoms with Crippen LogP contribution in [0.1, 0.15) is 39.5 Å². The molecule has 0 radical (unpaired) electrons. The monoisotopic (exact) mass is 210 g/mol. The van der Waals surface area contributed by atoms with Crippen LogP contribution >= 0.6 is 0 Å². The number of amides is 1. The van der Waals surface area contributed by atoms with Crippen molar-refractivity contribution in [3.63, 3.8) is 0 Å². The van der Waals surface area contributed by atoms with Gasteiger partial charge in [-0.1, -0.05) is 12.8 Å². The second-order valence-electron chi connectivity index (χ2n) is 5.13. The third kappa shape index (κ3) is 2.33. The number of hydrogen-bond donors (Lipinski definition) is 1. The summed E-state index contributed by atoms with van der Waals surface area (Å²) in [6.45, 7) is 6.13. The number of hydrogen-bond acceptors (Lipinski definition) is 2. The van der Waals surface area contributed by atoms with Gasteiger partial charge in [0.25, 0.3) is 0 Å². The molecule has 1 aliphatic carbocycles. The van der Waals surface area contributed by atoms with Crippen LogP contribution in [-0.2, 0) is 4.79 Å². The summed E-state index contributed by atoms with van der Waals surface area (Å²) < 4.78 is 0. The lowest BCUT2D eigenvalue weighted by Gasteiger charge is -2.39. The number of piperazine rings is 1. The van der Waals surface area contributed by atoms with E-state index in [1.54, 1.807) is 0 Å². The van der Waals surface area contributed by atoms with Crippen LogP contribution in [0.3, 0.4) is 0 Å². The van der Waals surface area contributed by atoms with E-state index in [1.165, 1.54) is 12.8 Å². The highest BCUT2D eigenvalue weighted by molar-refractivity contribution is 5.79. The van der Waals surface area contributed by atoms with Crippen molar-refractivity contribution in [2.24, 2.45) is 5.92 Å². The van der Waals surface area contributed by atoms with Crippen molar-refractivity contribution in [1.82, 2.24) is 10.2 Å². The van der Waals surface area contributed by atoms with Crippen LogP contribution < -0.4 is 5.32 Å². The largest absolute Gasteiger partial charge is 0.337 e. The zero-order chi connectivity index (χ0) is 10.8. The first-order chi connectivity index (χ1) is 7.18. The Labute approximate surface area is 92.2 Å². The Hall–Kier alpha value is -0.570. The summed E-state index contributed by atoms with van der Waals surface area (Å²) in [5, 5.41) is 3.41. The van der Waals surface area contributed by atoms with Gasteiger partial charge in [0.05, 0.1) is 0 Å². The van der Waals surface area contributed by atoms with Crippen molar-refractivity contribution in [3.8, 4) is 0 Å². The van der Waals surface area contributed by atoms with E-state index in [4.69, 9.17) is 0 Å². The van der Waals surface area contributed by atoms with E-state index < -0.39 is 0 Å². The minimum Gasteiger partial charge on any atom is -0.337 e. The molecule has 2 fully saturated rings. The molecule has 2 unspecified atom stereocenters. The molecule has 15 heavy (non-hydrogen) atoms. The maximum absolute atomic E-state index is 12.3. The first-order valence-corrected chi connectivity index (χ1v) is 6.22. The van der Waals surface area contributed by atoms with Gasteiger partial charge in [-0.15, -0.1) is 0 Å². The molecule has 0 spiro atoms. The van der Waals surface area contributed by atoms with Gasteiger partial charge in [0, 0.05) is 31.1 Å². The molecule has 1 N–H and O–H groups in total. The van der Waals surface area contributed by atoms with Crippen LogP contribution in [0.5, 0.6) is 0 Å². The minimum absolute atomic E-state index is 0.331. The maximum atomic E-state index is 12.3. The number of carbonyl (C=O) groups excluding carboxylic acids is 1. The van der Waals surface area contributed by atoms with E-state index in [2.05, 4.69) is 24.1 Å². The Morgan fingerprint density at radius 2 is 1.93 bits per heavy atom. The zero-order valence-electron chi connectivity index (χ0n) is 9.83. The molecule has 1 heterocycles. The highest BCUT2D eigenvalue weighted by Gasteiger charge is 2.32. The lowest BCUT2D eigenvalue weighted by molar-refractivity contribution is -0.138. The van der Waals surface area contributed by atoms with Crippen molar-refractivity contribution < 1.29 is 4.79 Å². The molecule has 86 valence electrons. The molecule has 1 saturated carbocycles. The van der Waals surface area contributed by atoms with E-state index in [-0.39, 0.29) is 0 Å². The summed E-state index contributed by atoms with van der Waals surface area (Å²) in [4.78, 5) is 14.3. The summed E-state index contributed by atoms with van der Waals surface area (Å²) in [7, 11) is 0. The van der Waals surface area contributed by atoms with Crippen molar-refractivity contribution in [2.45, 2.75) is 51.6 Å². The lowest BCUT2D eigenvalue weighted by Crippen LogP contribution is -2.57. The SMILES string of the molecule is CC1CN(C(=O)C2CCCC2)C(C)CN1. The van der Waals surface area contributed by atoms with Crippen LogP contribution in [0, 0.1) is 5.92 Å². The molecular weight excluding hydrogens is 188 g/mol. The van der Waals surface area contributed by atoms with Gasteiger partial charge in [-0.3, -0.25) is 4.79 Å². The third-order valence-corrected chi connectivity index (χ3v) is 3.75. The van der Waals surface area contributed by atoms with Crippen LogP contribution in [-0.4, -0.2) is 36.0 Å². The molecule has 2 rings (SSSR count). The standard InChI is InChI=1S/C12H22N2O/c1-9-8-14(10(2)7-13-9)12(15)11-5-3-4-6-11/h9-11,13H,3-8H2,1-2H3. The fourth-order valence-electron chi connectivity index (χ4n) is 2.74. The summed E-state index contributed by atoms with van der Waals surface area (Å²) in [6.07, 6.45) is 4.71. The van der Waals surface area contributed by atoms with Crippen LogP contribution in [0.2, 0.25) is 0 Å². The second kappa shape index (κ2) is 4.52. The highest BCUT2D eigenvalue weighted by Crippen LogP contribution is 2.27. The molecule has 2 aliphatic rings.